The Hall–Kier alpha value is -1.14. The standard InChI is InChI=1S/C13H17BrN2O3/c1-5-7-10(14)12(18)16(11(7)17)9-6-8(19-15-9)13(2,3)4/h6,11,17H,5H2,1-4H3. The molecular weight excluding hydrogens is 312 g/mol. The Bertz CT molecular complexity index is 542. The molecule has 0 bridgehead atoms. The first-order valence-electron chi connectivity index (χ1n) is 6.14. The molecule has 0 spiro atoms. The summed E-state index contributed by atoms with van der Waals surface area (Å²) in [6.07, 6.45) is -0.390. The Morgan fingerprint density at radius 3 is 2.58 bits per heavy atom. The molecule has 1 aliphatic heterocycles. The van der Waals surface area contributed by atoms with Gasteiger partial charge in [0.25, 0.3) is 5.91 Å². The number of carbonyl (C=O) groups excluding carboxylic acids is 1. The van der Waals surface area contributed by atoms with Gasteiger partial charge in [-0.05, 0) is 27.9 Å². The number of nitrogens with zero attached hydrogens (tertiary/aromatic N) is 2. The smallest absolute Gasteiger partial charge is 0.269 e. The van der Waals surface area contributed by atoms with Crippen LogP contribution in [0.5, 0.6) is 0 Å². The lowest BCUT2D eigenvalue weighted by atomic mass is 9.93. The minimum atomic E-state index is -0.982. The van der Waals surface area contributed by atoms with E-state index in [1.807, 2.05) is 27.7 Å². The Kier molecular flexibility index (Phi) is 3.57. The van der Waals surface area contributed by atoms with Gasteiger partial charge in [-0.1, -0.05) is 32.9 Å². The van der Waals surface area contributed by atoms with Gasteiger partial charge in [-0.15, -0.1) is 0 Å². The molecule has 1 unspecified atom stereocenters. The fourth-order valence-electron chi connectivity index (χ4n) is 1.92. The van der Waals surface area contributed by atoms with Crippen LogP contribution in [-0.4, -0.2) is 22.4 Å². The summed E-state index contributed by atoms with van der Waals surface area (Å²) in [6.45, 7) is 7.86. The number of carbonyl (C=O) groups is 1. The minimum absolute atomic E-state index is 0.197. The van der Waals surface area contributed by atoms with Gasteiger partial charge in [-0.3, -0.25) is 9.69 Å². The van der Waals surface area contributed by atoms with Crippen molar-refractivity contribution in [1.29, 1.82) is 0 Å². The Labute approximate surface area is 120 Å². The lowest BCUT2D eigenvalue weighted by Gasteiger charge is -2.19. The molecule has 0 radical (unpaired) electrons. The number of anilines is 1. The Balaban J connectivity index is 2.35. The third-order valence-corrected chi connectivity index (χ3v) is 3.96. The average molecular weight is 329 g/mol. The van der Waals surface area contributed by atoms with Crippen LogP contribution in [0, 0.1) is 0 Å². The van der Waals surface area contributed by atoms with Gasteiger partial charge in [0.15, 0.2) is 12.0 Å². The second-order valence-electron chi connectivity index (χ2n) is 5.54. The SMILES string of the molecule is CCC1=C(Br)C(=O)N(c2cc(C(C)(C)C)on2)C1O. The quantitative estimate of drug-likeness (QED) is 0.906. The summed E-state index contributed by atoms with van der Waals surface area (Å²) in [6, 6.07) is 1.69. The predicted octanol–water partition coefficient (Wildman–Crippen LogP) is 2.70. The first-order chi connectivity index (χ1) is 8.77. The minimum Gasteiger partial charge on any atom is -0.369 e. The molecule has 2 rings (SSSR count). The summed E-state index contributed by atoms with van der Waals surface area (Å²) >= 11 is 3.22. The van der Waals surface area contributed by atoms with E-state index < -0.39 is 6.23 Å². The highest BCUT2D eigenvalue weighted by atomic mass is 79.9. The Morgan fingerprint density at radius 1 is 1.53 bits per heavy atom. The molecule has 19 heavy (non-hydrogen) atoms. The van der Waals surface area contributed by atoms with E-state index in [0.717, 1.165) is 0 Å². The molecule has 1 aromatic rings. The number of hydrogen-bond donors (Lipinski definition) is 1. The van der Waals surface area contributed by atoms with Crippen molar-refractivity contribution in [3.05, 3.63) is 21.9 Å². The monoisotopic (exact) mass is 328 g/mol. The van der Waals surface area contributed by atoms with Crippen molar-refractivity contribution in [2.45, 2.75) is 45.8 Å². The van der Waals surface area contributed by atoms with E-state index in [1.54, 1.807) is 6.07 Å². The summed E-state index contributed by atoms with van der Waals surface area (Å²) in [5.74, 6) is 0.713. The van der Waals surface area contributed by atoms with Crippen LogP contribution >= 0.6 is 15.9 Å². The summed E-state index contributed by atoms with van der Waals surface area (Å²) in [5, 5.41) is 14.1. The summed E-state index contributed by atoms with van der Waals surface area (Å²) < 4.78 is 5.66. The van der Waals surface area contributed by atoms with Crippen LogP contribution in [0.1, 0.15) is 39.9 Å². The highest BCUT2D eigenvalue weighted by molar-refractivity contribution is 9.12. The zero-order valence-corrected chi connectivity index (χ0v) is 13.0. The highest BCUT2D eigenvalue weighted by Crippen LogP contribution is 2.35. The fourth-order valence-corrected chi connectivity index (χ4v) is 2.60. The molecule has 6 heteroatoms. The lowest BCUT2D eigenvalue weighted by Crippen LogP contribution is -2.35. The van der Waals surface area contributed by atoms with Crippen LogP contribution in [0.15, 0.2) is 20.6 Å². The average Bonchev–Trinajstić information content (AvgIpc) is 2.85. The third-order valence-electron chi connectivity index (χ3n) is 3.11. The van der Waals surface area contributed by atoms with Crippen molar-refractivity contribution in [3.8, 4) is 0 Å². The predicted molar refractivity (Wildman–Crippen MR) is 74.9 cm³/mol. The van der Waals surface area contributed by atoms with E-state index in [0.29, 0.717) is 28.1 Å². The molecule has 1 aromatic heterocycles. The normalized spacial score (nSPS) is 20.6. The van der Waals surface area contributed by atoms with E-state index in [1.165, 1.54) is 4.90 Å². The number of aliphatic hydroxyl groups excluding tert-OH is 1. The molecular formula is C13H17BrN2O3. The number of aromatic nitrogens is 1. The van der Waals surface area contributed by atoms with Crippen molar-refractivity contribution < 1.29 is 14.4 Å². The van der Waals surface area contributed by atoms with Crippen molar-refractivity contribution in [2.24, 2.45) is 0 Å². The molecule has 1 atom stereocenters. The molecule has 0 saturated carbocycles. The van der Waals surface area contributed by atoms with Gasteiger partial charge in [0.05, 0.1) is 4.48 Å². The molecule has 1 N–H and O–H groups in total. The fraction of sp³-hybridized carbons (Fsp3) is 0.538. The van der Waals surface area contributed by atoms with Crippen LogP contribution in [0.4, 0.5) is 5.82 Å². The summed E-state index contributed by atoms with van der Waals surface area (Å²) in [5.41, 5.74) is 0.460. The third kappa shape index (κ3) is 2.34. The van der Waals surface area contributed by atoms with E-state index in [2.05, 4.69) is 21.1 Å². The molecule has 1 amide bonds. The van der Waals surface area contributed by atoms with E-state index >= 15 is 0 Å². The van der Waals surface area contributed by atoms with Crippen LogP contribution < -0.4 is 4.90 Å². The van der Waals surface area contributed by atoms with Crippen LogP contribution in [0.3, 0.4) is 0 Å². The van der Waals surface area contributed by atoms with Gasteiger partial charge in [0, 0.05) is 11.5 Å². The molecule has 0 saturated heterocycles. The maximum atomic E-state index is 12.1. The second kappa shape index (κ2) is 4.76. The largest absolute Gasteiger partial charge is 0.369 e. The van der Waals surface area contributed by atoms with Crippen molar-refractivity contribution in [3.63, 3.8) is 0 Å². The number of hydrogen-bond acceptors (Lipinski definition) is 4. The number of amides is 1. The first-order valence-corrected chi connectivity index (χ1v) is 6.94. The Morgan fingerprint density at radius 2 is 2.16 bits per heavy atom. The summed E-state index contributed by atoms with van der Waals surface area (Å²) in [4.78, 5) is 13.4. The molecule has 2 heterocycles. The van der Waals surface area contributed by atoms with Gasteiger partial charge in [-0.2, -0.15) is 0 Å². The first kappa shape index (κ1) is 14.3. The lowest BCUT2D eigenvalue weighted by molar-refractivity contribution is -0.114. The molecule has 0 fully saturated rings. The highest BCUT2D eigenvalue weighted by Gasteiger charge is 2.39. The molecule has 0 aliphatic carbocycles. The van der Waals surface area contributed by atoms with Gasteiger partial charge in [0.2, 0.25) is 0 Å². The zero-order chi connectivity index (χ0) is 14.4. The number of rotatable bonds is 2. The van der Waals surface area contributed by atoms with E-state index in [-0.39, 0.29) is 11.3 Å². The van der Waals surface area contributed by atoms with Crippen molar-refractivity contribution in [2.75, 3.05) is 4.90 Å². The molecule has 104 valence electrons. The molecule has 5 nitrogen and oxygen atoms in total. The van der Waals surface area contributed by atoms with E-state index in [4.69, 9.17) is 4.52 Å². The zero-order valence-electron chi connectivity index (χ0n) is 11.4. The van der Waals surface area contributed by atoms with Crippen LogP contribution in [0.2, 0.25) is 0 Å². The van der Waals surface area contributed by atoms with Crippen LogP contribution in [0.25, 0.3) is 0 Å². The maximum Gasteiger partial charge on any atom is 0.269 e. The van der Waals surface area contributed by atoms with Crippen LogP contribution in [-0.2, 0) is 10.2 Å². The number of aliphatic hydroxyl groups is 1. The van der Waals surface area contributed by atoms with Gasteiger partial charge < -0.3 is 9.63 Å². The number of halogens is 1. The molecule has 0 aromatic carbocycles. The summed E-state index contributed by atoms with van der Waals surface area (Å²) in [7, 11) is 0. The van der Waals surface area contributed by atoms with Gasteiger partial charge in [0.1, 0.15) is 5.76 Å². The molecule has 1 aliphatic rings. The topological polar surface area (TPSA) is 66.6 Å². The maximum absolute atomic E-state index is 12.1. The van der Waals surface area contributed by atoms with Crippen molar-refractivity contribution >= 4 is 27.7 Å². The van der Waals surface area contributed by atoms with Crippen molar-refractivity contribution in [1.82, 2.24) is 5.16 Å². The second-order valence-corrected chi connectivity index (χ2v) is 6.33. The van der Waals surface area contributed by atoms with Gasteiger partial charge in [-0.25, -0.2) is 0 Å². The van der Waals surface area contributed by atoms with E-state index in [9.17, 15) is 9.90 Å². The van der Waals surface area contributed by atoms with Gasteiger partial charge >= 0.3 is 0 Å².